The van der Waals surface area contributed by atoms with E-state index in [9.17, 15) is 18.0 Å². The van der Waals surface area contributed by atoms with Gasteiger partial charge in [0.05, 0.1) is 10.6 Å². The van der Waals surface area contributed by atoms with Crippen LogP contribution in [0, 0.1) is 12.8 Å². The average molecular weight is 677 g/mol. The number of nitrogens with zero attached hydrogens (tertiary/aromatic N) is 2. The molecule has 9 heteroatoms. The first-order valence-corrected chi connectivity index (χ1v) is 16.8. The second-order valence-corrected chi connectivity index (χ2v) is 13.9. The summed E-state index contributed by atoms with van der Waals surface area (Å²) in [4.78, 5) is 29.9. The van der Waals surface area contributed by atoms with Gasteiger partial charge in [0.2, 0.25) is 11.8 Å². The molecule has 1 N–H and O–H groups in total. The summed E-state index contributed by atoms with van der Waals surface area (Å²) in [5.41, 5.74) is 2.80. The Kier molecular flexibility index (Phi) is 11.4. The fourth-order valence-corrected chi connectivity index (χ4v) is 6.60. The van der Waals surface area contributed by atoms with Gasteiger partial charge in [-0.25, -0.2) is 8.42 Å². The van der Waals surface area contributed by atoms with Crippen molar-refractivity contribution in [2.24, 2.45) is 5.92 Å². The Morgan fingerprint density at radius 1 is 0.795 bits per heavy atom. The predicted molar refractivity (Wildman–Crippen MR) is 179 cm³/mol. The Morgan fingerprint density at radius 2 is 1.39 bits per heavy atom. The second-order valence-electron chi connectivity index (χ2n) is 11.1. The van der Waals surface area contributed by atoms with Gasteiger partial charge in [0.15, 0.2) is 0 Å². The van der Waals surface area contributed by atoms with Crippen molar-refractivity contribution in [1.29, 1.82) is 0 Å². The van der Waals surface area contributed by atoms with Gasteiger partial charge < -0.3 is 10.2 Å². The average Bonchev–Trinajstić information content (AvgIpc) is 3.02. The molecule has 4 aromatic rings. The van der Waals surface area contributed by atoms with E-state index in [1.165, 1.54) is 17.0 Å². The van der Waals surface area contributed by atoms with Gasteiger partial charge in [-0.2, -0.15) is 0 Å². The summed E-state index contributed by atoms with van der Waals surface area (Å²) in [7, 11) is -4.13. The zero-order chi connectivity index (χ0) is 31.7. The molecule has 7 nitrogen and oxygen atoms in total. The molecule has 0 aliphatic heterocycles. The number of amides is 2. The molecule has 0 fully saturated rings. The van der Waals surface area contributed by atoms with E-state index in [0.29, 0.717) is 17.8 Å². The summed E-state index contributed by atoms with van der Waals surface area (Å²) in [6.07, 6.45) is 0.267. The topological polar surface area (TPSA) is 86.8 Å². The van der Waals surface area contributed by atoms with E-state index in [4.69, 9.17) is 0 Å². The summed E-state index contributed by atoms with van der Waals surface area (Å²) in [6.45, 7) is 5.90. The molecule has 0 bridgehead atoms. The first-order valence-electron chi connectivity index (χ1n) is 14.5. The van der Waals surface area contributed by atoms with E-state index in [1.54, 1.807) is 30.3 Å². The Labute approximate surface area is 269 Å². The minimum absolute atomic E-state index is 0.0750. The number of hydrogen-bond acceptors (Lipinski definition) is 4. The summed E-state index contributed by atoms with van der Waals surface area (Å²) in [5.74, 6) is -0.572. The molecular weight excluding hydrogens is 638 g/mol. The number of carbonyl (C=O) groups is 2. The summed E-state index contributed by atoms with van der Waals surface area (Å²) in [5, 5.41) is 3.01. The molecule has 1 atom stereocenters. The van der Waals surface area contributed by atoms with Crippen molar-refractivity contribution in [3.8, 4) is 0 Å². The number of para-hydroxylation sites is 1. The number of hydrogen-bond donors (Lipinski definition) is 1. The van der Waals surface area contributed by atoms with Crippen LogP contribution in [0.1, 0.15) is 30.5 Å². The van der Waals surface area contributed by atoms with Crippen molar-refractivity contribution < 1.29 is 18.0 Å². The smallest absolute Gasteiger partial charge is 0.264 e. The molecule has 4 rings (SSSR count). The highest BCUT2D eigenvalue weighted by molar-refractivity contribution is 9.10. The minimum Gasteiger partial charge on any atom is -0.354 e. The van der Waals surface area contributed by atoms with E-state index in [-0.39, 0.29) is 29.7 Å². The van der Waals surface area contributed by atoms with E-state index in [1.807, 2.05) is 87.5 Å². The van der Waals surface area contributed by atoms with Crippen molar-refractivity contribution >= 4 is 43.5 Å². The zero-order valence-electron chi connectivity index (χ0n) is 25.2. The van der Waals surface area contributed by atoms with Gasteiger partial charge in [-0.1, -0.05) is 109 Å². The number of aryl methyl sites for hydroxylation is 1. The van der Waals surface area contributed by atoms with Crippen LogP contribution >= 0.6 is 15.9 Å². The summed E-state index contributed by atoms with van der Waals surface area (Å²) < 4.78 is 30.2. The van der Waals surface area contributed by atoms with Crippen molar-refractivity contribution in [2.45, 2.75) is 44.7 Å². The van der Waals surface area contributed by atoms with Gasteiger partial charge in [0.25, 0.3) is 10.0 Å². The minimum atomic E-state index is -4.13. The molecular formula is C35H38BrN3O4S. The number of sulfonamides is 1. The molecule has 0 spiro atoms. The van der Waals surface area contributed by atoms with Crippen molar-refractivity contribution in [1.82, 2.24) is 10.2 Å². The third-order valence-electron chi connectivity index (χ3n) is 7.22. The van der Waals surface area contributed by atoms with E-state index < -0.39 is 28.5 Å². The maximum Gasteiger partial charge on any atom is 0.264 e. The Balaban J connectivity index is 1.79. The van der Waals surface area contributed by atoms with Crippen LogP contribution in [0.25, 0.3) is 0 Å². The lowest BCUT2D eigenvalue weighted by atomic mass is 10.0. The van der Waals surface area contributed by atoms with E-state index >= 15 is 0 Å². The van der Waals surface area contributed by atoms with Crippen LogP contribution in [0.2, 0.25) is 0 Å². The SMILES string of the molecule is Cc1ccccc1N(CC(=O)N(Cc1ccc(Br)cc1)[C@H](Cc1ccccc1)C(=O)NCC(C)C)S(=O)(=O)c1ccccc1. The van der Waals surface area contributed by atoms with Crippen LogP contribution in [0.3, 0.4) is 0 Å². The van der Waals surface area contributed by atoms with Gasteiger partial charge in [-0.05, 0) is 59.9 Å². The summed E-state index contributed by atoms with van der Waals surface area (Å²) in [6, 6.07) is 31.3. The van der Waals surface area contributed by atoms with Crippen molar-refractivity contribution in [2.75, 3.05) is 17.4 Å². The van der Waals surface area contributed by atoms with E-state index in [2.05, 4.69) is 21.2 Å². The number of benzene rings is 4. The molecule has 0 aromatic heterocycles. The van der Waals surface area contributed by atoms with Crippen molar-refractivity contribution in [3.63, 3.8) is 0 Å². The molecule has 0 aliphatic rings. The summed E-state index contributed by atoms with van der Waals surface area (Å²) >= 11 is 3.46. The Bertz CT molecular complexity index is 1650. The molecule has 4 aromatic carbocycles. The molecule has 0 unspecified atom stereocenters. The van der Waals surface area contributed by atoms with Crippen LogP contribution in [0.4, 0.5) is 5.69 Å². The van der Waals surface area contributed by atoms with Gasteiger partial charge >= 0.3 is 0 Å². The fraction of sp³-hybridized carbons (Fsp3) is 0.257. The molecule has 2 amide bonds. The highest BCUT2D eigenvalue weighted by Crippen LogP contribution is 2.27. The molecule has 0 heterocycles. The molecule has 230 valence electrons. The maximum atomic E-state index is 14.5. The van der Waals surface area contributed by atoms with Crippen LogP contribution in [0.5, 0.6) is 0 Å². The van der Waals surface area contributed by atoms with Crippen LogP contribution in [0.15, 0.2) is 119 Å². The number of nitrogens with one attached hydrogen (secondary N) is 1. The monoisotopic (exact) mass is 675 g/mol. The quantitative estimate of drug-likeness (QED) is 0.179. The lowest BCUT2D eigenvalue weighted by molar-refractivity contribution is -0.140. The molecule has 0 aliphatic carbocycles. The van der Waals surface area contributed by atoms with Crippen LogP contribution in [-0.4, -0.2) is 44.3 Å². The number of carbonyl (C=O) groups excluding carboxylic acids is 2. The molecule has 0 saturated carbocycles. The number of halogens is 1. The molecule has 44 heavy (non-hydrogen) atoms. The maximum absolute atomic E-state index is 14.5. The van der Waals surface area contributed by atoms with Crippen LogP contribution in [-0.2, 0) is 32.6 Å². The Morgan fingerprint density at radius 3 is 2.00 bits per heavy atom. The van der Waals surface area contributed by atoms with Crippen LogP contribution < -0.4 is 9.62 Å². The van der Waals surface area contributed by atoms with E-state index in [0.717, 1.165) is 19.9 Å². The van der Waals surface area contributed by atoms with Gasteiger partial charge in [0, 0.05) is 24.0 Å². The number of rotatable bonds is 13. The second kappa shape index (κ2) is 15.2. The lowest BCUT2D eigenvalue weighted by Gasteiger charge is -2.34. The third-order valence-corrected chi connectivity index (χ3v) is 9.52. The van der Waals surface area contributed by atoms with Gasteiger partial charge in [0.1, 0.15) is 12.6 Å². The lowest BCUT2D eigenvalue weighted by Crippen LogP contribution is -2.53. The largest absolute Gasteiger partial charge is 0.354 e. The Hall–Kier alpha value is -3.95. The van der Waals surface area contributed by atoms with Gasteiger partial charge in [-0.3, -0.25) is 13.9 Å². The first kappa shape index (κ1) is 33.0. The molecule has 0 radical (unpaired) electrons. The first-order chi connectivity index (χ1) is 21.1. The normalized spacial score (nSPS) is 12.0. The highest BCUT2D eigenvalue weighted by atomic mass is 79.9. The molecule has 0 saturated heterocycles. The zero-order valence-corrected chi connectivity index (χ0v) is 27.6. The fourth-order valence-electron chi connectivity index (χ4n) is 4.84. The highest BCUT2D eigenvalue weighted by Gasteiger charge is 2.35. The van der Waals surface area contributed by atoms with Crippen molar-refractivity contribution in [3.05, 3.63) is 130 Å². The number of anilines is 1. The van der Waals surface area contributed by atoms with Gasteiger partial charge in [-0.15, -0.1) is 0 Å². The third kappa shape index (κ3) is 8.57. The predicted octanol–water partition coefficient (Wildman–Crippen LogP) is 6.37. The standard InChI is InChI=1S/C35H38BrN3O4S/c1-26(2)23-37-35(41)33(22-28-13-6-4-7-14-28)38(24-29-18-20-30(36)21-19-29)34(40)25-39(32-17-11-10-12-27(32)3)44(42,43)31-15-8-5-9-16-31/h4-21,26,33H,22-25H2,1-3H3,(H,37,41)/t33-/m1/s1.